The van der Waals surface area contributed by atoms with E-state index >= 15 is 0 Å². The number of anilines is 1. The summed E-state index contributed by atoms with van der Waals surface area (Å²) in [5.74, 6) is 1.65. The number of pyridine rings is 1. The zero-order valence-electron chi connectivity index (χ0n) is 18.2. The van der Waals surface area contributed by atoms with Crippen LogP contribution >= 0.6 is 35.3 Å². The molecule has 0 saturated carbocycles. The van der Waals surface area contributed by atoms with Crippen LogP contribution in [0, 0.1) is 0 Å². The van der Waals surface area contributed by atoms with Crippen molar-refractivity contribution in [1.29, 1.82) is 0 Å². The van der Waals surface area contributed by atoms with Crippen LogP contribution in [0.25, 0.3) is 10.1 Å². The fourth-order valence-corrected chi connectivity index (χ4v) is 4.63. The normalized spacial score (nSPS) is 15.3. The number of fused-ring (bicyclic) bond motifs is 1. The maximum atomic E-state index is 10.7. The summed E-state index contributed by atoms with van der Waals surface area (Å²) >= 11 is 1.62. The standard InChI is InChI=1S/C23H29N5O2S.HI/c1-2-24-23(27-16-19(29)21-14-17-6-3-4-8-20(17)31-21)26-15-18-7-5-9-25-22(18)28-10-12-30-13-11-28;/h3-9,14,19,29H,2,10-13,15-16H2,1H3,(H2,24,26,27);1H. The average molecular weight is 567 g/mol. The molecule has 0 bridgehead atoms. The molecule has 172 valence electrons. The smallest absolute Gasteiger partial charge is 0.191 e. The Morgan fingerprint density at radius 2 is 2.03 bits per heavy atom. The van der Waals surface area contributed by atoms with Crippen molar-refractivity contribution < 1.29 is 9.84 Å². The highest BCUT2D eigenvalue weighted by atomic mass is 127. The predicted molar refractivity (Wildman–Crippen MR) is 142 cm³/mol. The lowest BCUT2D eigenvalue weighted by atomic mass is 10.2. The minimum atomic E-state index is -0.594. The monoisotopic (exact) mass is 567 g/mol. The number of aliphatic hydroxyl groups excluding tert-OH is 1. The van der Waals surface area contributed by atoms with E-state index in [1.807, 2.05) is 31.3 Å². The fraction of sp³-hybridized carbons (Fsp3) is 0.391. The molecule has 0 aliphatic carbocycles. The van der Waals surface area contributed by atoms with Crippen molar-refractivity contribution in [2.24, 2.45) is 4.99 Å². The van der Waals surface area contributed by atoms with Gasteiger partial charge in [0.05, 0.1) is 19.8 Å². The molecule has 3 N–H and O–H groups in total. The average Bonchev–Trinajstić information content (AvgIpc) is 3.26. The van der Waals surface area contributed by atoms with Crippen molar-refractivity contribution in [3.63, 3.8) is 0 Å². The van der Waals surface area contributed by atoms with Gasteiger partial charge in [0.1, 0.15) is 11.9 Å². The number of ether oxygens (including phenoxy) is 1. The van der Waals surface area contributed by atoms with Gasteiger partial charge in [0.15, 0.2) is 5.96 Å². The molecule has 1 fully saturated rings. The fourth-order valence-electron chi connectivity index (χ4n) is 3.58. The molecule has 1 aliphatic heterocycles. The molecule has 3 heterocycles. The van der Waals surface area contributed by atoms with Crippen LogP contribution in [0.2, 0.25) is 0 Å². The van der Waals surface area contributed by atoms with E-state index in [0.717, 1.165) is 54.5 Å². The van der Waals surface area contributed by atoms with Crippen molar-refractivity contribution in [2.75, 3.05) is 44.3 Å². The maximum Gasteiger partial charge on any atom is 0.191 e. The van der Waals surface area contributed by atoms with Gasteiger partial charge >= 0.3 is 0 Å². The van der Waals surface area contributed by atoms with Crippen molar-refractivity contribution >= 4 is 57.2 Å². The van der Waals surface area contributed by atoms with Crippen LogP contribution in [0.15, 0.2) is 53.7 Å². The number of aliphatic hydroxyl groups is 1. The van der Waals surface area contributed by atoms with Gasteiger partial charge in [-0.3, -0.25) is 0 Å². The molecule has 0 radical (unpaired) electrons. The lowest BCUT2D eigenvalue weighted by Gasteiger charge is -2.29. The summed E-state index contributed by atoms with van der Waals surface area (Å²) < 4.78 is 6.65. The first-order valence-electron chi connectivity index (χ1n) is 10.7. The number of aromatic nitrogens is 1. The second kappa shape index (κ2) is 12.3. The number of halogens is 1. The van der Waals surface area contributed by atoms with Gasteiger partial charge in [0.2, 0.25) is 0 Å². The molecular weight excluding hydrogens is 537 g/mol. The second-order valence-corrected chi connectivity index (χ2v) is 8.48. The van der Waals surface area contributed by atoms with Gasteiger partial charge in [-0.1, -0.05) is 24.3 Å². The Morgan fingerprint density at radius 3 is 2.81 bits per heavy atom. The van der Waals surface area contributed by atoms with E-state index in [1.165, 1.54) is 4.70 Å². The van der Waals surface area contributed by atoms with E-state index in [1.54, 1.807) is 11.3 Å². The minimum absolute atomic E-state index is 0. The molecule has 4 rings (SSSR count). The van der Waals surface area contributed by atoms with E-state index in [4.69, 9.17) is 9.73 Å². The molecule has 1 aliphatic rings. The van der Waals surface area contributed by atoms with E-state index in [-0.39, 0.29) is 24.0 Å². The van der Waals surface area contributed by atoms with Gasteiger partial charge in [0.25, 0.3) is 0 Å². The highest BCUT2D eigenvalue weighted by Crippen LogP contribution is 2.29. The molecule has 9 heteroatoms. The van der Waals surface area contributed by atoms with Crippen LogP contribution < -0.4 is 15.5 Å². The van der Waals surface area contributed by atoms with E-state index in [2.05, 4.69) is 44.8 Å². The van der Waals surface area contributed by atoms with Crippen LogP contribution in [-0.4, -0.2) is 55.4 Å². The Morgan fingerprint density at radius 1 is 1.22 bits per heavy atom. The van der Waals surface area contributed by atoms with Crippen LogP contribution in [0.5, 0.6) is 0 Å². The first-order chi connectivity index (χ1) is 15.2. The van der Waals surface area contributed by atoms with E-state index in [9.17, 15) is 5.11 Å². The molecule has 1 unspecified atom stereocenters. The number of aliphatic imine (C=N–C) groups is 1. The van der Waals surface area contributed by atoms with Crippen molar-refractivity contribution in [1.82, 2.24) is 15.6 Å². The highest BCUT2D eigenvalue weighted by Gasteiger charge is 2.16. The number of rotatable bonds is 7. The van der Waals surface area contributed by atoms with Gasteiger partial charge in [-0.15, -0.1) is 35.3 Å². The molecule has 0 spiro atoms. The Labute approximate surface area is 209 Å². The topological polar surface area (TPSA) is 82.0 Å². The molecule has 0 amide bonds. The van der Waals surface area contributed by atoms with Crippen molar-refractivity contribution in [3.8, 4) is 0 Å². The number of thiophene rings is 1. The number of hydrogen-bond donors (Lipinski definition) is 3. The first kappa shape index (κ1) is 24.7. The third-order valence-corrected chi connectivity index (χ3v) is 6.38. The van der Waals surface area contributed by atoms with Crippen LogP contribution in [0.1, 0.15) is 23.5 Å². The molecule has 32 heavy (non-hydrogen) atoms. The van der Waals surface area contributed by atoms with Crippen LogP contribution in [-0.2, 0) is 11.3 Å². The molecule has 3 aromatic rings. The molecular formula is C23H30IN5O2S. The maximum absolute atomic E-state index is 10.7. The number of morpholine rings is 1. The SMILES string of the molecule is CCNC(=NCc1cccnc1N1CCOCC1)NCC(O)c1cc2ccccc2s1.I. The Balaban J connectivity index is 0.00000289. The summed E-state index contributed by atoms with van der Waals surface area (Å²) in [6.45, 7) is 6.80. The Hall–Kier alpha value is -1.95. The summed E-state index contributed by atoms with van der Waals surface area (Å²) in [5, 5.41) is 18.4. The van der Waals surface area contributed by atoms with Crippen molar-refractivity contribution in [3.05, 3.63) is 59.1 Å². The van der Waals surface area contributed by atoms with Gasteiger partial charge in [-0.2, -0.15) is 0 Å². The first-order valence-corrected chi connectivity index (χ1v) is 11.5. The summed E-state index contributed by atoms with van der Waals surface area (Å²) in [4.78, 5) is 12.5. The van der Waals surface area contributed by atoms with Gasteiger partial charge in [-0.05, 0) is 30.5 Å². The highest BCUT2D eigenvalue weighted by molar-refractivity contribution is 14.0. The summed E-state index contributed by atoms with van der Waals surface area (Å²) in [6.07, 6.45) is 1.23. The summed E-state index contributed by atoms with van der Waals surface area (Å²) in [7, 11) is 0. The predicted octanol–water partition coefficient (Wildman–Crippen LogP) is 3.54. The van der Waals surface area contributed by atoms with Gasteiger partial charge < -0.3 is 25.4 Å². The van der Waals surface area contributed by atoms with E-state index < -0.39 is 6.10 Å². The minimum Gasteiger partial charge on any atom is -0.386 e. The third-order valence-electron chi connectivity index (χ3n) is 5.17. The largest absolute Gasteiger partial charge is 0.386 e. The molecule has 2 aromatic heterocycles. The number of nitrogens with zero attached hydrogens (tertiary/aromatic N) is 3. The van der Waals surface area contributed by atoms with Gasteiger partial charge in [0, 0.05) is 47.5 Å². The summed E-state index contributed by atoms with van der Waals surface area (Å²) in [5.41, 5.74) is 1.08. The lowest BCUT2D eigenvalue weighted by molar-refractivity contribution is 0.122. The zero-order valence-corrected chi connectivity index (χ0v) is 21.3. The van der Waals surface area contributed by atoms with Crippen LogP contribution in [0.4, 0.5) is 5.82 Å². The number of nitrogens with one attached hydrogen (secondary N) is 2. The lowest BCUT2D eigenvalue weighted by Crippen LogP contribution is -2.39. The molecule has 7 nitrogen and oxygen atoms in total. The second-order valence-electron chi connectivity index (χ2n) is 7.36. The van der Waals surface area contributed by atoms with E-state index in [0.29, 0.717) is 19.0 Å². The Bertz CT molecular complexity index is 989. The quantitative estimate of drug-likeness (QED) is 0.230. The molecule has 1 atom stereocenters. The van der Waals surface area contributed by atoms with Crippen molar-refractivity contribution in [2.45, 2.75) is 19.6 Å². The number of hydrogen-bond acceptors (Lipinski definition) is 6. The van der Waals surface area contributed by atoms with Crippen LogP contribution in [0.3, 0.4) is 0 Å². The zero-order chi connectivity index (χ0) is 21.5. The van der Waals surface area contributed by atoms with Gasteiger partial charge in [-0.25, -0.2) is 9.98 Å². The molecule has 1 aromatic carbocycles. The molecule has 1 saturated heterocycles. The number of guanidine groups is 1. The third kappa shape index (κ3) is 6.31. The Kier molecular flexibility index (Phi) is 9.51. The number of benzene rings is 1. The summed E-state index contributed by atoms with van der Waals surface area (Å²) in [6, 6.07) is 14.3.